The van der Waals surface area contributed by atoms with E-state index in [4.69, 9.17) is 14.7 Å². The average molecular weight is 503 g/mol. The topological polar surface area (TPSA) is 68.2 Å². The van der Waals surface area contributed by atoms with Crippen LogP contribution in [0.5, 0.6) is 5.75 Å². The molecule has 0 spiro atoms. The van der Waals surface area contributed by atoms with Crippen LogP contribution in [0.3, 0.4) is 0 Å². The van der Waals surface area contributed by atoms with Crippen LogP contribution in [0.2, 0.25) is 0 Å². The van der Waals surface area contributed by atoms with Crippen LogP contribution in [0.25, 0.3) is 32.4 Å². The maximum absolute atomic E-state index is 14.4. The van der Waals surface area contributed by atoms with Gasteiger partial charge in [-0.15, -0.1) is 0 Å². The van der Waals surface area contributed by atoms with Crippen molar-refractivity contribution in [3.63, 3.8) is 0 Å². The Balaban J connectivity index is 1.51. The van der Waals surface area contributed by atoms with Crippen molar-refractivity contribution in [2.24, 2.45) is 0 Å². The number of anilines is 1. The zero-order chi connectivity index (χ0) is 25.2. The molecule has 0 fully saturated rings. The number of para-hydroxylation sites is 1. The van der Waals surface area contributed by atoms with Crippen LogP contribution in [-0.2, 0) is 6.54 Å². The molecule has 0 aliphatic rings. The Morgan fingerprint density at radius 2 is 1.68 bits per heavy atom. The second-order valence-electron chi connectivity index (χ2n) is 8.48. The lowest BCUT2D eigenvalue weighted by Crippen LogP contribution is -2.31. The normalized spacial score (nSPS) is 11.1. The summed E-state index contributed by atoms with van der Waals surface area (Å²) in [5, 5.41) is 1.39. The highest BCUT2D eigenvalue weighted by Gasteiger charge is 2.25. The molecule has 0 N–H and O–H groups in total. The summed E-state index contributed by atoms with van der Waals surface area (Å²) >= 11 is 1.47. The van der Waals surface area contributed by atoms with Gasteiger partial charge in [0.1, 0.15) is 5.75 Å². The van der Waals surface area contributed by atoms with E-state index < -0.39 is 0 Å². The maximum atomic E-state index is 14.4. The number of fused-ring (bicyclic) bond motifs is 2. The quantitative estimate of drug-likeness (QED) is 0.252. The minimum Gasteiger partial charge on any atom is -0.497 e. The van der Waals surface area contributed by atoms with Gasteiger partial charge >= 0.3 is 0 Å². The van der Waals surface area contributed by atoms with E-state index in [1.165, 1.54) is 11.3 Å². The Labute approximate surface area is 217 Å². The standard InChI is InChI=1S/C30H22N4O2S/c1-36-22-14-15-28-27(17-22)33-30(37-28)34(19-21-11-7-8-16-31-21)29(35)24-18-26(20-9-3-2-4-10-20)32-25-13-6-5-12-23(24)25/h2-18H,19H2,1H3. The summed E-state index contributed by atoms with van der Waals surface area (Å²) in [6, 6.07) is 31.0. The van der Waals surface area contributed by atoms with Crippen LogP contribution in [0.1, 0.15) is 16.1 Å². The second kappa shape index (κ2) is 9.79. The number of amides is 1. The number of carbonyl (C=O) groups excluding carboxylic acids is 1. The third-order valence-corrected chi connectivity index (χ3v) is 7.18. The van der Waals surface area contributed by atoms with Crippen LogP contribution >= 0.6 is 11.3 Å². The molecule has 6 nitrogen and oxygen atoms in total. The summed E-state index contributed by atoms with van der Waals surface area (Å²) in [7, 11) is 1.63. The molecular weight excluding hydrogens is 480 g/mol. The third kappa shape index (κ3) is 4.52. The van der Waals surface area contributed by atoms with Crippen LogP contribution in [0.15, 0.2) is 103 Å². The molecule has 0 unspecified atom stereocenters. The lowest BCUT2D eigenvalue weighted by molar-refractivity contribution is 0.0986. The largest absolute Gasteiger partial charge is 0.497 e. The highest BCUT2D eigenvalue weighted by molar-refractivity contribution is 7.22. The maximum Gasteiger partial charge on any atom is 0.261 e. The highest BCUT2D eigenvalue weighted by atomic mass is 32.1. The smallest absolute Gasteiger partial charge is 0.261 e. The number of carbonyl (C=O) groups is 1. The Morgan fingerprint density at radius 1 is 0.865 bits per heavy atom. The van der Waals surface area contributed by atoms with Gasteiger partial charge in [0.2, 0.25) is 0 Å². The summed E-state index contributed by atoms with van der Waals surface area (Å²) < 4.78 is 6.35. The van der Waals surface area contributed by atoms with Gasteiger partial charge in [-0.1, -0.05) is 65.9 Å². The number of aromatic nitrogens is 3. The molecule has 180 valence electrons. The summed E-state index contributed by atoms with van der Waals surface area (Å²) in [6.45, 7) is 0.286. The third-order valence-electron chi connectivity index (χ3n) is 6.12. The molecule has 3 aromatic heterocycles. The Bertz CT molecular complexity index is 1720. The first-order valence-corrected chi connectivity index (χ1v) is 12.6. The van der Waals surface area contributed by atoms with Gasteiger partial charge in [-0.3, -0.25) is 14.7 Å². The van der Waals surface area contributed by atoms with E-state index in [0.717, 1.165) is 43.8 Å². The number of nitrogens with zero attached hydrogens (tertiary/aromatic N) is 4. The van der Waals surface area contributed by atoms with Crippen LogP contribution in [0.4, 0.5) is 5.13 Å². The number of benzene rings is 3. The van der Waals surface area contributed by atoms with Gasteiger partial charge < -0.3 is 4.74 Å². The Morgan fingerprint density at radius 3 is 2.49 bits per heavy atom. The van der Waals surface area contributed by atoms with Crippen molar-refractivity contribution in [1.29, 1.82) is 0 Å². The van der Waals surface area contributed by atoms with Crippen molar-refractivity contribution < 1.29 is 9.53 Å². The SMILES string of the molecule is COc1ccc2sc(N(Cc3ccccn3)C(=O)c3cc(-c4ccccc4)nc4ccccc34)nc2c1. The Kier molecular flexibility index (Phi) is 6.04. The monoisotopic (exact) mass is 502 g/mol. The van der Waals surface area contributed by atoms with E-state index in [1.807, 2.05) is 97.1 Å². The highest BCUT2D eigenvalue weighted by Crippen LogP contribution is 2.34. The number of hydrogen-bond donors (Lipinski definition) is 0. The fourth-order valence-corrected chi connectivity index (χ4v) is 5.22. The van der Waals surface area contributed by atoms with Crippen molar-refractivity contribution in [3.05, 3.63) is 115 Å². The summed E-state index contributed by atoms with van der Waals surface area (Å²) in [4.78, 5) is 30.2. The van der Waals surface area contributed by atoms with Crippen molar-refractivity contribution in [3.8, 4) is 17.0 Å². The molecule has 0 radical (unpaired) electrons. The predicted molar refractivity (Wildman–Crippen MR) is 148 cm³/mol. The van der Waals surface area contributed by atoms with Crippen LogP contribution in [-0.4, -0.2) is 28.0 Å². The van der Waals surface area contributed by atoms with Gasteiger partial charge in [0, 0.05) is 23.2 Å². The molecule has 0 saturated heterocycles. The molecule has 3 aromatic carbocycles. The van der Waals surface area contributed by atoms with Gasteiger partial charge in [-0.25, -0.2) is 9.97 Å². The number of ether oxygens (including phenoxy) is 1. The van der Waals surface area contributed by atoms with Crippen molar-refractivity contribution in [1.82, 2.24) is 15.0 Å². The number of rotatable bonds is 6. The first-order chi connectivity index (χ1) is 18.2. The van der Waals surface area contributed by atoms with Gasteiger partial charge in [-0.05, 0) is 36.4 Å². The average Bonchev–Trinajstić information content (AvgIpc) is 3.39. The number of methoxy groups -OCH3 is 1. The van der Waals surface area contributed by atoms with E-state index in [9.17, 15) is 4.79 Å². The molecule has 6 rings (SSSR count). The number of pyridine rings is 2. The first kappa shape index (κ1) is 22.8. The zero-order valence-electron chi connectivity index (χ0n) is 20.0. The molecule has 0 aliphatic carbocycles. The molecule has 6 aromatic rings. The molecule has 0 aliphatic heterocycles. The summed E-state index contributed by atoms with van der Waals surface area (Å²) in [5.74, 6) is 0.562. The molecular formula is C30H22N4O2S. The molecule has 3 heterocycles. The predicted octanol–water partition coefficient (Wildman–Crippen LogP) is 6.76. The number of hydrogen-bond acceptors (Lipinski definition) is 6. The lowest BCUT2D eigenvalue weighted by Gasteiger charge is -2.21. The molecule has 7 heteroatoms. The van der Waals surface area contributed by atoms with E-state index in [1.54, 1.807) is 18.2 Å². The fraction of sp³-hybridized carbons (Fsp3) is 0.0667. The minimum atomic E-state index is -0.160. The molecule has 0 bridgehead atoms. The minimum absolute atomic E-state index is 0.160. The van der Waals surface area contributed by atoms with Crippen molar-refractivity contribution >= 4 is 43.5 Å². The number of thiazole rings is 1. The van der Waals surface area contributed by atoms with E-state index >= 15 is 0 Å². The van der Waals surface area contributed by atoms with Crippen LogP contribution in [0, 0.1) is 0 Å². The van der Waals surface area contributed by atoms with Crippen LogP contribution < -0.4 is 9.64 Å². The van der Waals surface area contributed by atoms with Gasteiger partial charge in [0.05, 0.1) is 46.3 Å². The molecule has 0 saturated carbocycles. The zero-order valence-corrected chi connectivity index (χ0v) is 20.9. The summed E-state index contributed by atoms with van der Waals surface area (Å²) in [5.41, 5.74) is 4.58. The molecule has 0 atom stereocenters. The van der Waals surface area contributed by atoms with Gasteiger partial charge in [-0.2, -0.15) is 0 Å². The first-order valence-electron chi connectivity index (χ1n) is 11.8. The summed E-state index contributed by atoms with van der Waals surface area (Å²) in [6.07, 6.45) is 1.73. The van der Waals surface area contributed by atoms with E-state index in [-0.39, 0.29) is 12.5 Å². The van der Waals surface area contributed by atoms with Gasteiger partial charge in [0.25, 0.3) is 5.91 Å². The van der Waals surface area contributed by atoms with E-state index in [2.05, 4.69) is 4.98 Å². The van der Waals surface area contributed by atoms with Gasteiger partial charge in [0.15, 0.2) is 5.13 Å². The Hall–Kier alpha value is -4.62. The fourth-order valence-electron chi connectivity index (χ4n) is 4.27. The second-order valence-corrected chi connectivity index (χ2v) is 9.49. The molecule has 1 amide bonds. The lowest BCUT2D eigenvalue weighted by atomic mass is 10.0. The van der Waals surface area contributed by atoms with E-state index in [0.29, 0.717) is 10.7 Å². The molecule has 37 heavy (non-hydrogen) atoms. The van der Waals surface area contributed by atoms with Crippen molar-refractivity contribution in [2.75, 3.05) is 12.0 Å². The van der Waals surface area contributed by atoms with Crippen molar-refractivity contribution in [2.45, 2.75) is 6.54 Å².